The van der Waals surface area contributed by atoms with E-state index in [1.165, 1.54) is 28.3 Å². The largest absolute Gasteiger partial charge is 0.388 e. The van der Waals surface area contributed by atoms with E-state index in [4.69, 9.17) is 10.5 Å². The predicted octanol–water partition coefficient (Wildman–Crippen LogP) is 3.82. The maximum Gasteiger partial charge on any atom is 0.105 e. The summed E-state index contributed by atoms with van der Waals surface area (Å²) in [5.74, 6) is 0.914. The molecule has 6 heteroatoms. The quantitative estimate of drug-likeness (QED) is 0.566. The summed E-state index contributed by atoms with van der Waals surface area (Å²) in [4.78, 5) is 6.67. The lowest BCUT2D eigenvalue weighted by atomic mass is 9.58. The Balaban J connectivity index is 1.16. The van der Waals surface area contributed by atoms with Gasteiger partial charge in [0.2, 0.25) is 0 Å². The Morgan fingerprint density at radius 3 is 2.84 bits per heavy atom. The van der Waals surface area contributed by atoms with Crippen LogP contribution in [0.5, 0.6) is 0 Å². The van der Waals surface area contributed by atoms with Gasteiger partial charge < -0.3 is 20.7 Å². The molecule has 4 N–H and O–H groups in total. The smallest absolute Gasteiger partial charge is 0.105 e. The Labute approximate surface area is 224 Å². The number of aliphatic hydroxyl groups excluding tert-OH is 2. The Morgan fingerprint density at radius 1 is 1.11 bits per heavy atom. The maximum atomic E-state index is 11.4. The third-order valence-corrected chi connectivity index (χ3v) is 11.6. The molecule has 0 radical (unpaired) electrons. The Bertz CT molecular complexity index is 1370. The molecule has 1 aromatic heterocycles. The van der Waals surface area contributed by atoms with Crippen LogP contribution in [0.4, 0.5) is 0 Å². The van der Waals surface area contributed by atoms with Gasteiger partial charge in [-0.25, -0.2) is 0 Å². The molecule has 8 rings (SSSR count). The van der Waals surface area contributed by atoms with Gasteiger partial charge in [-0.05, 0) is 96.4 Å². The lowest BCUT2D eigenvalue weighted by Crippen LogP contribution is -2.62. The van der Waals surface area contributed by atoms with Gasteiger partial charge in [0.15, 0.2) is 0 Å². The number of rotatable bonds is 2. The van der Waals surface area contributed by atoms with Crippen molar-refractivity contribution in [2.24, 2.45) is 17.1 Å². The van der Waals surface area contributed by atoms with E-state index in [1.807, 2.05) is 12.4 Å². The molecule has 2 spiro atoms. The first kappa shape index (κ1) is 23.8. The normalized spacial score (nSPS) is 45.9. The van der Waals surface area contributed by atoms with Gasteiger partial charge >= 0.3 is 0 Å². The molecule has 2 saturated carbocycles. The first-order valence-electron chi connectivity index (χ1n) is 14.7. The van der Waals surface area contributed by atoms with Crippen LogP contribution < -0.4 is 5.73 Å². The van der Waals surface area contributed by atoms with Crippen molar-refractivity contribution in [3.8, 4) is 0 Å². The monoisotopic (exact) mass is 513 g/mol. The summed E-state index contributed by atoms with van der Waals surface area (Å²) in [5.41, 5.74) is 9.14. The van der Waals surface area contributed by atoms with E-state index in [1.54, 1.807) is 0 Å². The van der Waals surface area contributed by atoms with Crippen molar-refractivity contribution in [1.82, 2.24) is 9.88 Å². The van der Waals surface area contributed by atoms with Gasteiger partial charge in [0, 0.05) is 43.0 Å². The standard InChI is InChI=1S/C32H39N3O3/c1-30-9-6-22-15-25-28(36)29(37)26(35-13-8-23(33)18-35)16-31(25)10-11-32(22,38-31)27(30)5-4-24(30)20-3-2-19-7-12-34-17-21(19)14-20/h2-3,6-7,12,14-15,17,23-24,26-29,36-37H,4-5,8-11,13,16,18,33H2,1H3/t23-,24?,26+,27-,28+,29-,30-,31-,32?/m1/s1. The highest BCUT2D eigenvalue weighted by Gasteiger charge is 2.68. The second-order valence-electron chi connectivity index (χ2n) is 13.4. The van der Waals surface area contributed by atoms with Crippen LogP contribution in [0, 0.1) is 11.3 Å². The molecule has 1 aromatic carbocycles. The van der Waals surface area contributed by atoms with E-state index in [2.05, 4.69) is 53.2 Å². The fourth-order valence-corrected chi connectivity index (χ4v) is 9.76. The molecule has 0 amide bonds. The van der Waals surface area contributed by atoms with Crippen LogP contribution in [0.2, 0.25) is 0 Å². The molecule has 2 unspecified atom stereocenters. The molecule has 2 bridgehead atoms. The van der Waals surface area contributed by atoms with Crippen molar-refractivity contribution in [2.75, 3.05) is 13.1 Å². The van der Waals surface area contributed by atoms with Gasteiger partial charge in [-0.3, -0.25) is 9.88 Å². The third-order valence-electron chi connectivity index (χ3n) is 11.6. The number of likely N-dealkylation sites (tertiary alicyclic amines) is 1. The van der Waals surface area contributed by atoms with Crippen molar-refractivity contribution < 1.29 is 14.9 Å². The molecule has 3 aliphatic heterocycles. The minimum atomic E-state index is -0.890. The highest BCUT2D eigenvalue weighted by atomic mass is 16.5. The van der Waals surface area contributed by atoms with E-state index in [0.29, 0.717) is 11.8 Å². The van der Waals surface area contributed by atoms with Crippen LogP contribution in [0.1, 0.15) is 63.4 Å². The number of fused-ring (bicyclic) bond motifs is 2. The van der Waals surface area contributed by atoms with Crippen molar-refractivity contribution in [1.29, 1.82) is 0 Å². The molecular formula is C32H39N3O3. The van der Waals surface area contributed by atoms with Gasteiger partial charge in [0.1, 0.15) is 6.10 Å². The van der Waals surface area contributed by atoms with Crippen molar-refractivity contribution in [3.05, 3.63) is 65.5 Å². The maximum absolute atomic E-state index is 11.4. The number of pyridine rings is 1. The predicted molar refractivity (Wildman–Crippen MR) is 146 cm³/mol. The molecule has 4 heterocycles. The van der Waals surface area contributed by atoms with Crippen LogP contribution in [0.3, 0.4) is 0 Å². The molecule has 3 aliphatic carbocycles. The average Bonchev–Trinajstić information content (AvgIpc) is 3.60. The number of aliphatic hydroxyl groups is 2. The fourth-order valence-electron chi connectivity index (χ4n) is 9.76. The molecular weight excluding hydrogens is 474 g/mol. The van der Waals surface area contributed by atoms with Gasteiger partial charge in [-0.15, -0.1) is 0 Å². The van der Waals surface area contributed by atoms with Crippen LogP contribution in [0.25, 0.3) is 10.8 Å². The van der Waals surface area contributed by atoms with E-state index in [-0.39, 0.29) is 23.1 Å². The van der Waals surface area contributed by atoms with Gasteiger partial charge in [0.05, 0.1) is 17.3 Å². The molecule has 2 aromatic rings. The number of ether oxygens (including phenoxy) is 1. The highest BCUT2D eigenvalue weighted by molar-refractivity contribution is 5.82. The minimum Gasteiger partial charge on any atom is -0.388 e. The zero-order valence-corrected chi connectivity index (χ0v) is 22.2. The molecule has 6 nitrogen and oxygen atoms in total. The number of hydrogen-bond donors (Lipinski definition) is 3. The zero-order chi connectivity index (χ0) is 25.9. The lowest BCUT2D eigenvalue weighted by molar-refractivity contribution is -0.167. The molecule has 6 aliphatic rings. The number of hydrogen-bond acceptors (Lipinski definition) is 6. The van der Waals surface area contributed by atoms with Crippen molar-refractivity contribution in [3.63, 3.8) is 0 Å². The summed E-state index contributed by atoms with van der Waals surface area (Å²) in [6.07, 6.45) is 13.7. The van der Waals surface area contributed by atoms with Crippen molar-refractivity contribution >= 4 is 10.8 Å². The average molecular weight is 514 g/mol. The van der Waals surface area contributed by atoms with Crippen LogP contribution in [-0.2, 0) is 4.74 Å². The molecule has 2 saturated heterocycles. The van der Waals surface area contributed by atoms with E-state index in [0.717, 1.165) is 57.2 Å². The lowest BCUT2D eigenvalue weighted by Gasteiger charge is -2.56. The number of benzene rings is 1. The summed E-state index contributed by atoms with van der Waals surface area (Å²) in [5, 5.41) is 25.1. The molecule has 9 atom stereocenters. The van der Waals surface area contributed by atoms with Gasteiger partial charge in [0.25, 0.3) is 0 Å². The minimum absolute atomic E-state index is 0.115. The Morgan fingerprint density at radius 2 is 2.00 bits per heavy atom. The molecule has 4 fully saturated rings. The van der Waals surface area contributed by atoms with Crippen LogP contribution in [0.15, 0.2) is 60.0 Å². The second-order valence-corrected chi connectivity index (χ2v) is 13.4. The number of nitrogens with zero attached hydrogens (tertiary/aromatic N) is 2. The highest BCUT2D eigenvalue weighted by Crippen LogP contribution is 2.69. The number of aromatic nitrogens is 1. The summed E-state index contributed by atoms with van der Waals surface area (Å²) < 4.78 is 7.37. The number of allylic oxidation sites excluding steroid dienone is 1. The topological polar surface area (TPSA) is 91.8 Å². The summed E-state index contributed by atoms with van der Waals surface area (Å²) in [6, 6.07) is 9.06. The van der Waals surface area contributed by atoms with E-state index >= 15 is 0 Å². The first-order valence-corrected chi connectivity index (χ1v) is 14.7. The first-order chi connectivity index (χ1) is 18.3. The van der Waals surface area contributed by atoms with Gasteiger partial charge in [-0.2, -0.15) is 0 Å². The second kappa shape index (κ2) is 7.98. The summed E-state index contributed by atoms with van der Waals surface area (Å²) >= 11 is 0. The van der Waals surface area contributed by atoms with Crippen LogP contribution in [-0.4, -0.2) is 68.7 Å². The van der Waals surface area contributed by atoms with E-state index < -0.39 is 17.8 Å². The summed E-state index contributed by atoms with van der Waals surface area (Å²) in [7, 11) is 0. The van der Waals surface area contributed by atoms with E-state index in [9.17, 15) is 10.2 Å². The Hall–Kier alpha value is -2.09. The summed E-state index contributed by atoms with van der Waals surface area (Å²) in [6.45, 7) is 4.15. The zero-order valence-electron chi connectivity index (χ0n) is 22.2. The molecule has 38 heavy (non-hydrogen) atoms. The molecule has 200 valence electrons. The Kier molecular flexibility index (Phi) is 4.99. The van der Waals surface area contributed by atoms with Crippen molar-refractivity contribution in [2.45, 2.75) is 93.3 Å². The SMILES string of the molecule is C[C@]12CC=C3C=C4[C@H](O)[C@H](O)[C@@H](N5CC[C@@H](N)C5)C[C@]45CCC3(O5)[C@@H]1CCC2c1ccc2ccncc2c1. The van der Waals surface area contributed by atoms with Gasteiger partial charge in [-0.1, -0.05) is 31.2 Å². The number of nitrogens with two attached hydrogens (primary N) is 1. The fraction of sp³-hybridized carbons (Fsp3) is 0.594. The van der Waals surface area contributed by atoms with Crippen LogP contribution >= 0.6 is 0 Å². The third kappa shape index (κ3) is 3.04.